The van der Waals surface area contributed by atoms with Crippen molar-refractivity contribution in [2.45, 2.75) is 38.3 Å². The van der Waals surface area contributed by atoms with Gasteiger partial charge in [-0.2, -0.15) is 13.2 Å². The van der Waals surface area contributed by atoms with Crippen LogP contribution in [-0.4, -0.2) is 79.7 Å². The second-order valence-corrected chi connectivity index (χ2v) is 9.17. The number of amides is 1. The number of rotatable bonds is 5. The first-order chi connectivity index (χ1) is 15.4. The van der Waals surface area contributed by atoms with Gasteiger partial charge in [0.05, 0.1) is 24.7 Å². The zero-order valence-corrected chi connectivity index (χ0v) is 18.5. The number of piperidine rings is 2. The standard InChI is InChI=1S/C23H33F3N4O2/c24-23(25,26)20-4-1-8-27-21(20)30-9-2-3-19(17-30)22(31)29-11-6-18(7-12-29)5-10-28-13-15-32-16-14-28/h1,4,8,18-19H,2-3,5-7,9-17H2. The molecular weight excluding hydrogens is 421 g/mol. The molecule has 1 aromatic rings. The molecule has 6 nitrogen and oxygen atoms in total. The molecule has 1 aromatic heterocycles. The van der Waals surface area contributed by atoms with Crippen molar-refractivity contribution in [2.75, 3.05) is 63.9 Å². The molecule has 0 aromatic carbocycles. The summed E-state index contributed by atoms with van der Waals surface area (Å²) >= 11 is 0. The predicted octanol–water partition coefficient (Wildman–Crippen LogP) is 3.28. The van der Waals surface area contributed by atoms with E-state index in [2.05, 4.69) is 9.88 Å². The molecule has 0 radical (unpaired) electrons. The quantitative estimate of drug-likeness (QED) is 0.684. The third kappa shape index (κ3) is 5.73. The van der Waals surface area contributed by atoms with Gasteiger partial charge in [-0.1, -0.05) is 0 Å². The number of ether oxygens (including phenoxy) is 1. The van der Waals surface area contributed by atoms with Crippen LogP contribution in [0.1, 0.15) is 37.7 Å². The number of carbonyl (C=O) groups is 1. The normalized spacial score (nSPS) is 24.0. The molecule has 0 bridgehead atoms. The molecule has 0 spiro atoms. The lowest BCUT2D eigenvalue weighted by atomic mass is 9.91. The van der Waals surface area contributed by atoms with Gasteiger partial charge in [-0.15, -0.1) is 0 Å². The second-order valence-electron chi connectivity index (χ2n) is 9.17. The van der Waals surface area contributed by atoms with Crippen molar-refractivity contribution in [2.24, 2.45) is 11.8 Å². The molecule has 1 unspecified atom stereocenters. The van der Waals surface area contributed by atoms with Crippen LogP contribution in [0.5, 0.6) is 0 Å². The Bertz CT molecular complexity index is 762. The van der Waals surface area contributed by atoms with Gasteiger partial charge in [0.25, 0.3) is 0 Å². The number of alkyl halides is 3. The van der Waals surface area contributed by atoms with E-state index in [-0.39, 0.29) is 17.6 Å². The molecular formula is C23H33F3N4O2. The maximum atomic E-state index is 13.4. The smallest absolute Gasteiger partial charge is 0.379 e. The number of nitrogens with zero attached hydrogens (tertiary/aromatic N) is 4. The van der Waals surface area contributed by atoms with E-state index in [9.17, 15) is 18.0 Å². The Morgan fingerprint density at radius 1 is 1.09 bits per heavy atom. The van der Waals surface area contributed by atoms with Crippen LogP contribution >= 0.6 is 0 Å². The minimum absolute atomic E-state index is 0.0562. The number of carbonyl (C=O) groups excluding carboxylic acids is 1. The van der Waals surface area contributed by atoms with Gasteiger partial charge in [0.1, 0.15) is 5.82 Å². The van der Waals surface area contributed by atoms with Crippen LogP contribution in [0.4, 0.5) is 19.0 Å². The highest BCUT2D eigenvalue weighted by Gasteiger charge is 2.38. The number of hydrogen-bond donors (Lipinski definition) is 0. The van der Waals surface area contributed by atoms with E-state index in [0.29, 0.717) is 25.4 Å². The molecule has 4 heterocycles. The van der Waals surface area contributed by atoms with Crippen LogP contribution in [0.15, 0.2) is 18.3 Å². The van der Waals surface area contributed by atoms with E-state index in [0.717, 1.165) is 77.7 Å². The Labute approximate surface area is 187 Å². The van der Waals surface area contributed by atoms with Crippen LogP contribution in [0.25, 0.3) is 0 Å². The molecule has 0 aliphatic carbocycles. The van der Waals surface area contributed by atoms with Crippen molar-refractivity contribution in [3.63, 3.8) is 0 Å². The Morgan fingerprint density at radius 2 is 1.84 bits per heavy atom. The number of pyridine rings is 1. The average molecular weight is 455 g/mol. The fourth-order valence-electron chi connectivity index (χ4n) is 5.13. The van der Waals surface area contributed by atoms with Gasteiger partial charge < -0.3 is 14.5 Å². The maximum Gasteiger partial charge on any atom is 0.419 e. The third-order valence-electron chi connectivity index (χ3n) is 7.05. The summed E-state index contributed by atoms with van der Waals surface area (Å²) in [7, 11) is 0. The van der Waals surface area contributed by atoms with E-state index in [1.807, 2.05) is 4.90 Å². The summed E-state index contributed by atoms with van der Waals surface area (Å²) < 4.78 is 45.7. The number of hydrogen-bond acceptors (Lipinski definition) is 5. The highest BCUT2D eigenvalue weighted by atomic mass is 19.4. The van der Waals surface area contributed by atoms with Gasteiger partial charge >= 0.3 is 6.18 Å². The molecule has 0 N–H and O–H groups in total. The molecule has 3 aliphatic rings. The van der Waals surface area contributed by atoms with Crippen molar-refractivity contribution in [1.82, 2.24) is 14.8 Å². The molecule has 0 saturated carbocycles. The van der Waals surface area contributed by atoms with Crippen LogP contribution in [0.3, 0.4) is 0 Å². The van der Waals surface area contributed by atoms with Crippen molar-refractivity contribution < 1.29 is 22.7 Å². The molecule has 3 saturated heterocycles. The summed E-state index contributed by atoms with van der Waals surface area (Å²) in [5, 5.41) is 0. The van der Waals surface area contributed by atoms with Gasteiger partial charge in [0.2, 0.25) is 5.91 Å². The summed E-state index contributed by atoms with van der Waals surface area (Å²) in [6.07, 6.45) is 1.51. The highest BCUT2D eigenvalue weighted by Crippen LogP contribution is 2.36. The maximum absolute atomic E-state index is 13.4. The van der Waals surface area contributed by atoms with E-state index in [4.69, 9.17) is 4.74 Å². The van der Waals surface area contributed by atoms with Gasteiger partial charge in [-0.3, -0.25) is 9.69 Å². The predicted molar refractivity (Wildman–Crippen MR) is 115 cm³/mol. The Kier molecular flexibility index (Phi) is 7.55. The van der Waals surface area contributed by atoms with Crippen LogP contribution in [-0.2, 0) is 15.7 Å². The average Bonchev–Trinajstić information content (AvgIpc) is 2.83. The van der Waals surface area contributed by atoms with Crippen molar-refractivity contribution in [3.05, 3.63) is 23.9 Å². The first kappa shape index (κ1) is 23.3. The lowest BCUT2D eigenvalue weighted by Crippen LogP contribution is -2.48. The molecule has 1 amide bonds. The fourth-order valence-corrected chi connectivity index (χ4v) is 5.13. The number of likely N-dealkylation sites (tertiary alicyclic amines) is 1. The van der Waals surface area contributed by atoms with Gasteiger partial charge in [-0.05, 0) is 56.7 Å². The molecule has 3 aliphatic heterocycles. The summed E-state index contributed by atoms with van der Waals surface area (Å²) in [6, 6.07) is 2.37. The monoisotopic (exact) mass is 454 g/mol. The topological polar surface area (TPSA) is 48.9 Å². The number of halogens is 3. The lowest BCUT2D eigenvalue weighted by Gasteiger charge is -2.39. The van der Waals surface area contributed by atoms with Crippen molar-refractivity contribution in [3.8, 4) is 0 Å². The van der Waals surface area contributed by atoms with Crippen molar-refractivity contribution >= 4 is 11.7 Å². The largest absolute Gasteiger partial charge is 0.419 e. The Hall–Kier alpha value is -1.87. The van der Waals surface area contributed by atoms with Crippen LogP contribution in [0, 0.1) is 11.8 Å². The first-order valence-corrected chi connectivity index (χ1v) is 11.8. The summed E-state index contributed by atoms with van der Waals surface area (Å²) in [5.74, 6) is 0.398. The highest BCUT2D eigenvalue weighted by molar-refractivity contribution is 5.80. The molecule has 4 rings (SSSR count). The van der Waals surface area contributed by atoms with E-state index < -0.39 is 11.7 Å². The van der Waals surface area contributed by atoms with Gasteiger partial charge in [0, 0.05) is 45.5 Å². The summed E-state index contributed by atoms with van der Waals surface area (Å²) in [6.45, 7) is 7.02. The van der Waals surface area contributed by atoms with E-state index >= 15 is 0 Å². The zero-order valence-electron chi connectivity index (χ0n) is 18.5. The zero-order chi connectivity index (χ0) is 22.6. The minimum Gasteiger partial charge on any atom is -0.379 e. The molecule has 9 heteroatoms. The van der Waals surface area contributed by atoms with E-state index in [1.165, 1.54) is 12.3 Å². The Morgan fingerprint density at radius 3 is 2.56 bits per heavy atom. The van der Waals surface area contributed by atoms with Crippen molar-refractivity contribution in [1.29, 1.82) is 0 Å². The van der Waals surface area contributed by atoms with Crippen LogP contribution < -0.4 is 4.90 Å². The Balaban J connectivity index is 1.29. The second kappa shape index (κ2) is 10.4. The summed E-state index contributed by atoms with van der Waals surface area (Å²) in [4.78, 5) is 23.2. The number of anilines is 1. The number of morpholine rings is 1. The van der Waals surface area contributed by atoms with Gasteiger partial charge in [-0.25, -0.2) is 4.98 Å². The minimum atomic E-state index is -4.45. The van der Waals surface area contributed by atoms with Gasteiger partial charge in [0.15, 0.2) is 0 Å². The third-order valence-corrected chi connectivity index (χ3v) is 7.05. The fraction of sp³-hybridized carbons (Fsp3) is 0.739. The number of aromatic nitrogens is 1. The SMILES string of the molecule is O=C(C1CCCN(c2ncccc2C(F)(F)F)C1)N1CCC(CCN2CCOCC2)CC1. The molecule has 178 valence electrons. The first-order valence-electron chi connectivity index (χ1n) is 11.8. The lowest BCUT2D eigenvalue weighted by molar-refractivity contribution is -0.137. The van der Waals surface area contributed by atoms with E-state index in [1.54, 1.807) is 4.90 Å². The molecule has 3 fully saturated rings. The summed E-state index contributed by atoms with van der Waals surface area (Å²) in [5.41, 5.74) is -0.728. The molecule has 32 heavy (non-hydrogen) atoms. The molecule has 1 atom stereocenters. The van der Waals surface area contributed by atoms with Crippen LogP contribution in [0.2, 0.25) is 0 Å².